The summed E-state index contributed by atoms with van der Waals surface area (Å²) in [4.78, 5) is 38.3. The molecule has 0 N–H and O–H groups in total. The number of hydrogen-bond donors (Lipinski definition) is 0. The molecule has 1 fully saturated rings. The van der Waals surface area contributed by atoms with E-state index < -0.39 is 11.9 Å². The zero-order valence-corrected chi connectivity index (χ0v) is 14.9. The highest BCUT2D eigenvalue weighted by Gasteiger charge is 2.37. The fourth-order valence-electron chi connectivity index (χ4n) is 3.09. The largest absolute Gasteiger partial charge is 0.457 e. The summed E-state index contributed by atoms with van der Waals surface area (Å²) >= 11 is 0. The molecule has 134 valence electrons. The van der Waals surface area contributed by atoms with Gasteiger partial charge in [-0.2, -0.15) is 0 Å². The minimum atomic E-state index is -0.550. The molecule has 1 heterocycles. The molecule has 2 aromatic rings. The van der Waals surface area contributed by atoms with E-state index >= 15 is 0 Å². The Morgan fingerprint density at radius 3 is 2.54 bits per heavy atom. The summed E-state index contributed by atoms with van der Waals surface area (Å²) in [6.45, 7) is 3.92. The van der Waals surface area contributed by atoms with Crippen molar-refractivity contribution in [2.24, 2.45) is 5.92 Å². The van der Waals surface area contributed by atoms with Gasteiger partial charge < -0.3 is 9.64 Å². The molecule has 1 amide bonds. The third kappa shape index (κ3) is 3.67. The van der Waals surface area contributed by atoms with Gasteiger partial charge in [0.2, 0.25) is 5.91 Å². The van der Waals surface area contributed by atoms with Gasteiger partial charge in [0.15, 0.2) is 12.4 Å². The van der Waals surface area contributed by atoms with Gasteiger partial charge >= 0.3 is 5.97 Å². The molecule has 5 heteroatoms. The molecule has 0 aromatic heterocycles. The first-order valence-corrected chi connectivity index (χ1v) is 8.59. The summed E-state index contributed by atoms with van der Waals surface area (Å²) in [5.41, 5.74) is 3.44. The lowest BCUT2D eigenvalue weighted by molar-refractivity contribution is -0.147. The van der Waals surface area contributed by atoms with Crippen molar-refractivity contribution in [2.75, 3.05) is 18.1 Å². The van der Waals surface area contributed by atoms with Crippen LogP contribution in [-0.4, -0.2) is 30.8 Å². The van der Waals surface area contributed by atoms with Gasteiger partial charge in [-0.3, -0.25) is 14.4 Å². The molecule has 1 aliphatic rings. The lowest BCUT2D eigenvalue weighted by atomic mass is 10.1. The van der Waals surface area contributed by atoms with Gasteiger partial charge in [0.25, 0.3) is 0 Å². The molecule has 0 aliphatic carbocycles. The number of benzene rings is 2. The highest BCUT2D eigenvalue weighted by atomic mass is 16.5. The van der Waals surface area contributed by atoms with Crippen LogP contribution in [0.2, 0.25) is 0 Å². The van der Waals surface area contributed by atoms with E-state index in [1.807, 2.05) is 38.1 Å². The number of hydrogen-bond acceptors (Lipinski definition) is 4. The molecule has 3 rings (SSSR count). The number of amides is 1. The van der Waals surface area contributed by atoms with Crippen molar-refractivity contribution in [3.05, 3.63) is 65.2 Å². The Labute approximate surface area is 152 Å². The predicted octanol–water partition coefficient (Wildman–Crippen LogP) is 3.08. The highest BCUT2D eigenvalue weighted by Crippen LogP contribution is 2.29. The molecule has 1 aliphatic heterocycles. The summed E-state index contributed by atoms with van der Waals surface area (Å²) in [7, 11) is 0. The van der Waals surface area contributed by atoms with E-state index in [0.717, 1.165) is 16.8 Å². The number of anilines is 1. The molecule has 0 unspecified atom stereocenters. The van der Waals surface area contributed by atoms with Crippen molar-refractivity contribution in [3.63, 3.8) is 0 Å². The summed E-state index contributed by atoms with van der Waals surface area (Å²) < 4.78 is 5.16. The molecule has 2 aromatic carbocycles. The average Bonchev–Trinajstić information content (AvgIpc) is 3.04. The number of carbonyl (C=O) groups is 3. The summed E-state index contributed by atoms with van der Waals surface area (Å²) in [5.74, 6) is -1.41. The van der Waals surface area contributed by atoms with E-state index in [2.05, 4.69) is 0 Å². The van der Waals surface area contributed by atoms with Crippen LogP contribution in [0.4, 0.5) is 5.69 Å². The van der Waals surface area contributed by atoms with E-state index in [1.165, 1.54) is 0 Å². The quantitative estimate of drug-likeness (QED) is 0.613. The van der Waals surface area contributed by atoms with Crippen molar-refractivity contribution in [3.8, 4) is 0 Å². The maximum absolute atomic E-state index is 12.4. The normalized spacial score (nSPS) is 16.6. The number of nitrogens with zero attached hydrogens (tertiary/aromatic N) is 1. The van der Waals surface area contributed by atoms with Gasteiger partial charge in [-0.1, -0.05) is 42.5 Å². The lowest BCUT2D eigenvalue weighted by Crippen LogP contribution is -2.27. The molecule has 26 heavy (non-hydrogen) atoms. The third-order valence-electron chi connectivity index (χ3n) is 4.77. The van der Waals surface area contributed by atoms with Crippen LogP contribution in [0, 0.1) is 19.8 Å². The maximum atomic E-state index is 12.4. The standard InChI is InChI=1S/C21H21NO4/c1-14-7-6-10-18(15(14)2)22-12-17(11-20(22)24)21(25)26-13-19(23)16-8-4-3-5-9-16/h3-10,17H,11-13H2,1-2H3/t17-/m0/s1. The molecule has 0 saturated carbocycles. The Kier molecular flexibility index (Phi) is 5.16. The summed E-state index contributed by atoms with van der Waals surface area (Å²) in [5, 5.41) is 0. The number of esters is 1. The van der Waals surface area contributed by atoms with Gasteiger partial charge in [0, 0.05) is 24.2 Å². The van der Waals surface area contributed by atoms with Crippen LogP contribution in [0.5, 0.6) is 0 Å². The van der Waals surface area contributed by atoms with Crippen molar-refractivity contribution in [2.45, 2.75) is 20.3 Å². The van der Waals surface area contributed by atoms with E-state index in [0.29, 0.717) is 5.56 Å². The molecule has 5 nitrogen and oxygen atoms in total. The SMILES string of the molecule is Cc1cccc(N2C[C@@H](C(=O)OCC(=O)c3ccccc3)CC2=O)c1C. The minimum absolute atomic E-state index is 0.102. The number of carbonyl (C=O) groups excluding carboxylic acids is 3. The van der Waals surface area contributed by atoms with Crippen LogP contribution < -0.4 is 4.90 Å². The zero-order valence-electron chi connectivity index (χ0n) is 14.9. The number of ketones is 1. The Bertz CT molecular complexity index is 844. The monoisotopic (exact) mass is 351 g/mol. The van der Waals surface area contributed by atoms with Crippen molar-refractivity contribution in [1.29, 1.82) is 0 Å². The van der Waals surface area contributed by atoms with Crippen LogP contribution in [0.1, 0.15) is 27.9 Å². The number of Topliss-reactive ketones (excluding diaryl/α,β-unsaturated/α-hetero) is 1. The maximum Gasteiger partial charge on any atom is 0.311 e. The lowest BCUT2D eigenvalue weighted by Gasteiger charge is -2.20. The van der Waals surface area contributed by atoms with Crippen LogP contribution >= 0.6 is 0 Å². The first kappa shape index (κ1) is 17.9. The molecular formula is C21H21NO4. The Balaban J connectivity index is 1.62. The first-order valence-electron chi connectivity index (χ1n) is 8.59. The van der Waals surface area contributed by atoms with Crippen LogP contribution in [0.3, 0.4) is 0 Å². The molecule has 1 atom stereocenters. The fraction of sp³-hybridized carbons (Fsp3) is 0.286. The molecule has 1 saturated heterocycles. The summed E-state index contributed by atoms with van der Waals surface area (Å²) in [6, 6.07) is 14.5. The number of ether oxygens (including phenoxy) is 1. The smallest absolute Gasteiger partial charge is 0.311 e. The van der Waals surface area contributed by atoms with Crippen molar-refractivity contribution < 1.29 is 19.1 Å². The van der Waals surface area contributed by atoms with Crippen LogP contribution in [-0.2, 0) is 14.3 Å². The van der Waals surface area contributed by atoms with Crippen molar-refractivity contribution in [1.82, 2.24) is 0 Å². The zero-order chi connectivity index (χ0) is 18.7. The van der Waals surface area contributed by atoms with Crippen molar-refractivity contribution >= 4 is 23.3 Å². The molecular weight excluding hydrogens is 330 g/mol. The second kappa shape index (κ2) is 7.52. The van der Waals surface area contributed by atoms with Crippen LogP contribution in [0.25, 0.3) is 0 Å². The Morgan fingerprint density at radius 1 is 1.08 bits per heavy atom. The van der Waals surface area contributed by atoms with Crippen LogP contribution in [0.15, 0.2) is 48.5 Å². The third-order valence-corrected chi connectivity index (χ3v) is 4.77. The molecule has 0 spiro atoms. The van der Waals surface area contributed by atoms with E-state index in [-0.39, 0.29) is 31.3 Å². The average molecular weight is 351 g/mol. The first-order chi connectivity index (χ1) is 12.5. The fourth-order valence-corrected chi connectivity index (χ4v) is 3.09. The highest BCUT2D eigenvalue weighted by molar-refractivity contribution is 6.01. The van der Waals surface area contributed by atoms with E-state index in [9.17, 15) is 14.4 Å². The van der Waals surface area contributed by atoms with Gasteiger partial charge in [-0.15, -0.1) is 0 Å². The Morgan fingerprint density at radius 2 is 1.81 bits per heavy atom. The van der Waals surface area contributed by atoms with Gasteiger partial charge in [0.05, 0.1) is 5.92 Å². The van der Waals surface area contributed by atoms with E-state index in [1.54, 1.807) is 29.2 Å². The number of aryl methyl sites for hydroxylation is 1. The van der Waals surface area contributed by atoms with Gasteiger partial charge in [-0.25, -0.2) is 0 Å². The topological polar surface area (TPSA) is 63.7 Å². The van der Waals surface area contributed by atoms with Gasteiger partial charge in [-0.05, 0) is 31.0 Å². The predicted molar refractivity (Wildman–Crippen MR) is 98.1 cm³/mol. The second-order valence-corrected chi connectivity index (χ2v) is 6.52. The second-order valence-electron chi connectivity index (χ2n) is 6.52. The summed E-state index contributed by atoms with van der Waals surface area (Å²) in [6.07, 6.45) is 0.103. The van der Waals surface area contributed by atoms with Gasteiger partial charge in [0.1, 0.15) is 0 Å². The minimum Gasteiger partial charge on any atom is -0.457 e. The van der Waals surface area contributed by atoms with E-state index in [4.69, 9.17) is 4.74 Å². The molecule has 0 bridgehead atoms. The Hall–Kier alpha value is -2.95. The number of rotatable bonds is 5. The molecule has 0 radical (unpaired) electrons.